The summed E-state index contributed by atoms with van der Waals surface area (Å²) in [4.78, 5) is 39.9. The number of nitrogens with zero attached hydrogens (tertiary/aromatic N) is 2. The van der Waals surface area contributed by atoms with Crippen LogP contribution in [0.5, 0.6) is 0 Å². The molecule has 2 aliphatic rings. The molecule has 35 heavy (non-hydrogen) atoms. The van der Waals surface area contributed by atoms with E-state index < -0.39 is 11.5 Å². The summed E-state index contributed by atoms with van der Waals surface area (Å²) in [6.07, 6.45) is 6.52. The minimum Gasteiger partial charge on any atom is -0.465 e. The van der Waals surface area contributed by atoms with Gasteiger partial charge in [-0.25, -0.2) is 5.01 Å². The van der Waals surface area contributed by atoms with Crippen LogP contribution in [0.15, 0.2) is 24.3 Å². The summed E-state index contributed by atoms with van der Waals surface area (Å²) in [5.41, 5.74) is 9.24. The first-order valence-corrected chi connectivity index (χ1v) is 13.0. The number of nitrogens with two attached hydrogens (primary N) is 1. The summed E-state index contributed by atoms with van der Waals surface area (Å²) in [7, 11) is 0. The van der Waals surface area contributed by atoms with Gasteiger partial charge in [-0.2, -0.15) is 0 Å². The van der Waals surface area contributed by atoms with E-state index in [0.717, 1.165) is 37.7 Å². The molecule has 3 N–H and O–H groups in total. The van der Waals surface area contributed by atoms with E-state index in [1.807, 2.05) is 35.9 Å². The third-order valence-corrected chi connectivity index (χ3v) is 7.20. The van der Waals surface area contributed by atoms with E-state index in [1.54, 1.807) is 12.1 Å². The summed E-state index contributed by atoms with van der Waals surface area (Å²) >= 11 is 5.93. The van der Waals surface area contributed by atoms with Crippen LogP contribution in [0.3, 0.4) is 0 Å². The Bertz CT molecular complexity index is 886. The van der Waals surface area contributed by atoms with Gasteiger partial charge in [-0.05, 0) is 57.2 Å². The van der Waals surface area contributed by atoms with E-state index in [0.29, 0.717) is 24.5 Å². The quantitative estimate of drug-likeness (QED) is 0.499. The van der Waals surface area contributed by atoms with Crippen LogP contribution in [-0.2, 0) is 25.5 Å². The molecule has 0 bridgehead atoms. The normalized spacial score (nSPS) is 20.3. The monoisotopic (exact) mass is 506 g/mol. The zero-order chi connectivity index (χ0) is 25.6. The molecular weight excluding hydrogens is 468 g/mol. The number of hydrogen-bond acceptors (Lipinski definition) is 6. The number of rotatable bonds is 9. The SMILES string of the molecule is CC(=O)OCC(C)(C)C(=O)N(C1CCCCC1)[C@H]1CCN(NC(=O)C(N)Cc2ccc(Cl)cc2)C1. The third-order valence-electron chi connectivity index (χ3n) is 6.95. The fourth-order valence-corrected chi connectivity index (χ4v) is 5.08. The van der Waals surface area contributed by atoms with Crippen LogP contribution >= 0.6 is 11.6 Å². The number of halogens is 1. The molecule has 0 radical (unpaired) electrons. The molecule has 1 saturated heterocycles. The van der Waals surface area contributed by atoms with Gasteiger partial charge in [0.15, 0.2) is 0 Å². The highest BCUT2D eigenvalue weighted by atomic mass is 35.5. The van der Waals surface area contributed by atoms with Crippen LogP contribution in [0.4, 0.5) is 0 Å². The van der Waals surface area contributed by atoms with E-state index in [9.17, 15) is 14.4 Å². The third kappa shape index (κ3) is 7.66. The Morgan fingerprint density at radius 3 is 2.43 bits per heavy atom. The lowest BCUT2D eigenvalue weighted by atomic mass is 9.87. The fraction of sp³-hybridized carbons (Fsp3) is 0.654. The maximum absolute atomic E-state index is 13.7. The molecule has 1 aliphatic heterocycles. The van der Waals surface area contributed by atoms with Crippen LogP contribution in [0.25, 0.3) is 0 Å². The van der Waals surface area contributed by atoms with Gasteiger partial charge in [0.25, 0.3) is 5.91 Å². The lowest BCUT2D eigenvalue weighted by Crippen LogP contribution is -2.55. The predicted molar refractivity (Wildman–Crippen MR) is 135 cm³/mol. The molecular formula is C26H39ClN4O4. The Morgan fingerprint density at radius 2 is 1.80 bits per heavy atom. The number of hydrazine groups is 1. The molecule has 0 spiro atoms. The number of carbonyl (C=O) groups excluding carboxylic acids is 3. The highest BCUT2D eigenvalue weighted by Gasteiger charge is 2.42. The average molecular weight is 507 g/mol. The molecule has 1 aromatic carbocycles. The van der Waals surface area contributed by atoms with Crippen molar-refractivity contribution in [1.29, 1.82) is 0 Å². The number of amides is 2. The van der Waals surface area contributed by atoms with Crippen LogP contribution < -0.4 is 11.2 Å². The lowest BCUT2D eigenvalue weighted by molar-refractivity contribution is -0.155. The summed E-state index contributed by atoms with van der Waals surface area (Å²) in [5, 5.41) is 2.51. The van der Waals surface area contributed by atoms with Gasteiger partial charge in [-0.1, -0.05) is 43.0 Å². The molecule has 8 nitrogen and oxygen atoms in total. The standard InChI is InChI=1S/C26H39ClN4O4/c1-18(32)35-17-26(2,3)25(34)31(21-7-5-4-6-8-21)22-13-14-30(16-22)29-24(33)23(28)15-19-9-11-20(27)12-10-19/h9-12,21-23H,4-8,13-17,28H2,1-3H3,(H,29,33)/t22-,23?/m0/s1. The Labute approximate surface area is 213 Å². The van der Waals surface area contributed by atoms with E-state index in [2.05, 4.69) is 5.43 Å². The van der Waals surface area contributed by atoms with Crippen LogP contribution in [-0.4, -0.2) is 65.5 Å². The Balaban J connectivity index is 1.63. The second kappa shape index (κ2) is 12.2. The summed E-state index contributed by atoms with van der Waals surface area (Å²) in [5.74, 6) is -0.630. The molecule has 2 amide bonds. The highest BCUT2D eigenvalue weighted by molar-refractivity contribution is 6.30. The molecule has 194 valence electrons. The van der Waals surface area contributed by atoms with Gasteiger partial charge in [0.05, 0.1) is 11.5 Å². The molecule has 3 rings (SSSR count). The molecule has 9 heteroatoms. The van der Waals surface area contributed by atoms with Crippen molar-refractivity contribution in [1.82, 2.24) is 15.3 Å². The van der Waals surface area contributed by atoms with Crippen LogP contribution in [0.2, 0.25) is 5.02 Å². The molecule has 1 aliphatic carbocycles. The summed E-state index contributed by atoms with van der Waals surface area (Å²) in [6.45, 7) is 6.26. The number of hydrogen-bond donors (Lipinski definition) is 2. The first-order valence-electron chi connectivity index (χ1n) is 12.6. The number of ether oxygens (including phenoxy) is 1. The summed E-state index contributed by atoms with van der Waals surface area (Å²) in [6, 6.07) is 6.77. The second-order valence-electron chi connectivity index (χ2n) is 10.5. The van der Waals surface area contributed by atoms with Crippen molar-refractivity contribution in [3.8, 4) is 0 Å². The number of carbonyl (C=O) groups is 3. The van der Waals surface area contributed by atoms with Crippen LogP contribution in [0.1, 0.15) is 64.9 Å². The van der Waals surface area contributed by atoms with Gasteiger partial charge < -0.3 is 15.4 Å². The van der Waals surface area contributed by atoms with Crippen molar-refractivity contribution in [3.05, 3.63) is 34.9 Å². The zero-order valence-corrected chi connectivity index (χ0v) is 21.9. The van der Waals surface area contributed by atoms with Gasteiger partial charge in [0.1, 0.15) is 6.61 Å². The van der Waals surface area contributed by atoms with Gasteiger partial charge in [0, 0.05) is 37.1 Å². The minimum absolute atomic E-state index is 0.00302. The Hall–Kier alpha value is -2.16. The smallest absolute Gasteiger partial charge is 0.302 e. The summed E-state index contributed by atoms with van der Waals surface area (Å²) < 4.78 is 5.21. The molecule has 2 fully saturated rings. The topological polar surface area (TPSA) is 105 Å². The second-order valence-corrected chi connectivity index (χ2v) is 10.9. The van der Waals surface area contributed by atoms with Gasteiger partial charge in [-0.3, -0.25) is 19.8 Å². The van der Waals surface area contributed by atoms with Crippen molar-refractivity contribution < 1.29 is 19.1 Å². The largest absolute Gasteiger partial charge is 0.465 e. The highest BCUT2D eigenvalue weighted by Crippen LogP contribution is 2.32. The minimum atomic E-state index is -0.819. The van der Waals surface area contributed by atoms with E-state index in [4.69, 9.17) is 22.1 Å². The average Bonchev–Trinajstić information content (AvgIpc) is 3.27. The molecule has 1 aromatic rings. The molecule has 2 atom stereocenters. The van der Waals surface area contributed by atoms with Crippen molar-refractivity contribution >= 4 is 29.4 Å². The van der Waals surface area contributed by atoms with Crippen molar-refractivity contribution in [2.24, 2.45) is 11.1 Å². The maximum atomic E-state index is 13.7. The van der Waals surface area contributed by atoms with Gasteiger partial charge in [-0.15, -0.1) is 0 Å². The van der Waals surface area contributed by atoms with Crippen molar-refractivity contribution in [3.63, 3.8) is 0 Å². The number of nitrogens with one attached hydrogen (secondary N) is 1. The molecule has 1 unspecified atom stereocenters. The molecule has 1 saturated carbocycles. The predicted octanol–water partition coefficient (Wildman–Crippen LogP) is 3.07. The Morgan fingerprint density at radius 1 is 1.14 bits per heavy atom. The van der Waals surface area contributed by atoms with Crippen molar-refractivity contribution in [2.45, 2.75) is 83.8 Å². The molecule has 0 aromatic heterocycles. The maximum Gasteiger partial charge on any atom is 0.302 e. The molecule has 1 heterocycles. The zero-order valence-electron chi connectivity index (χ0n) is 21.1. The first kappa shape index (κ1) is 27.4. The Kier molecular flexibility index (Phi) is 9.55. The lowest BCUT2D eigenvalue weighted by Gasteiger charge is -2.42. The first-order chi connectivity index (χ1) is 16.6. The fourth-order valence-electron chi connectivity index (χ4n) is 4.96. The van der Waals surface area contributed by atoms with E-state index >= 15 is 0 Å². The van der Waals surface area contributed by atoms with Crippen LogP contribution in [0, 0.1) is 5.41 Å². The van der Waals surface area contributed by atoms with E-state index in [1.165, 1.54) is 13.3 Å². The van der Waals surface area contributed by atoms with Crippen molar-refractivity contribution in [2.75, 3.05) is 19.7 Å². The van der Waals surface area contributed by atoms with Gasteiger partial charge >= 0.3 is 5.97 Å². The number of benzene rings is 1. The number of esters is 1. The van der Waals surface area contributed by atoms with Gasteiger partial charge in [0.2, 0.25) is 5.91 Å². The van der Waals surface area contributed by atoms with E-state index in [-0.39, 0.29) is 36.5 Å².